The first-order valence-corrected chi connectivity index (χ1v) is 5.51. The maximum absolute atomic E-state index is 13.4. The molecule has 0 fully saturated rings. The summed E-state index contributed by atoms with van der Waals surface area (Å²) >= 11 is 5.61. The van der Waals surface area contributed by atoms with E-state index in [0.29, 0.717) is 0 Å². The van der Waals surface area contributed by atoms with Gasteiger partial charge in [0.15, 0.2) is 5.75 Å². The van der Waals surface area contributed by atoms with Crippen LogP contribution in [0.1, 0.15) is 5.56 Å². The maximum atomic E-state index is 13.4. The molecule has 6 heteroatoms. The van der Waals surface area contributed by atoms with Crippen LogP contribution in [0.15, 0.2) is 30.3 Å². The van der Waals surface area contributed by atoms with Crippen molar-refractivity contribution in [3.63, 3.8) is 0 Å². The summed E-state index contributed by atoms with van der Waals surface area (Å²) in [6, 6.07) is 7.75. The second-order valence-corrected chi connectivity index (χ2v) is 4.04. The Morgan fingerprint density at radius 3 is 2.58 bits per heavy atom. The molecule has 0 atom stereocenters. The second-order valence-electron chi connectivity index (χ2n) is 3.63. The molecule has 0 unspecified atom stereocenters. The van der Waals surface area contributed by atoms with Crippen LogP contribution in [-0.2, 0) is 0 Å². The maximum Gasteiger partial charge on any atom is 0.152 e. The lowest BCUT2D eigenvalue weighted by Crippen LogP contribution is -1.96. The molecule has 0 aliphatic carbocycles. The first-order valence-electron chi connectivity index (χ1n) is 5.14. The van der Waals surface area contributed by atoms with Gasteiger partial charge in [-0.15, -0.1) is 0 Å². The summed E-state index contributed by atoms with van der Waals surface area (Å²) in [4.78, 5) is 0. The minimum atomic E-state index is -0.716. The minimum Gasteiger partial charge on any atom is -0.454 e. The minimum absolute atomic E-state index is 0.00458. The monoisotopic (exact) mass is 280 g/mol. The van der Waals surface area contributed by atoms with Gasteiger partial charge in [-0.2, -0.15) is 5.26 Å². The summed E-state index contributed by atoms with van der Waals surface area (Å²) in [6.45, 7) is 0. The van der Waals surface area contributed by atoms with Crippen LogP contribution in [0.5, 0.6) is 11.5 Å². The third-order valence-electron chi connectivity index (χ3n) is 2.36. The lowest BCUT2D eigenvalue weighted by atomic mass is 10.2. The summed E-state index contributed by atoms with van der Waals surface area (Å²) in [5.74, 6) is -1.37. The number of nitrogens with zero attached hydrogens (tertiary/aromatic N) is 1. The van der Waals surface area contributed by atoms with Crippen molar-refractivity contribution >= 4 is 17.3 Å². The lowest BCUT2D eigenvalue weighted by Gasteiger charge is -2.10. The van der Waals surface area contributed by atoms with Gasteiger partial charge in [-0.05, 0) is 12.1 Å². The van der Waals surface area contributed by atoms with Gasteiger partial charge >= 0.3 is 0 Å². The third kappa shape index (κ3) is 2.59. The van der Waals surface area contributed by atoms with Crippen LogP contribution >= 0.6 is 11.6 Å². The number of nitrogen functional groups attached to an aromatic ring is 1. The van der Waals surface area contributed by atoms with E-state index >= 15 is 0 Å². The van der Waals surface area contributed by atoms with E-state index in [-0.39, 0.29) is 27.8 Å². The van der Waals surface area contributed by atoms with Gasteiger partial charge in [0.05, 0.1) is 10.7 Å². The number of nitrogens with two attached hydrogens (primary N) is 1. The van der Waals surface area contributed by atoms with E-state index in [1.165, 1.54) is 12.1 Å². The number of rotatable bonds is 2. The zero-order valence-electron chi connectivity index (χ0n) is 9.45. The molecular formula is C13H7ClF2N2O. The Morgan fingerprint density at radius 2 is 1.89 bits per heavy atom. The van der Waals surface area contributed by atoms with Crippen LogP contribution in [-0.4, -0.2) is 0 Å². The van der Waals surface area contributed by atoms with Crippen LogP contribution in [0.4, 0.5) is 14.5 Å². The molecule has 0 aliphatic heterocycles. The summed E-state index contributed by atoms with van der Waals surface area (Å²) < 4.78 is 31.8. The molecule has 3 nitrogen and oxygen atoms in total. The average molecular weight is 281 g/mol. The largest absolute Gasteiger partial charge is 0.454 e. The number of ether oxygens (including phenoxy) is 1. The van der Waals surface area contributed by atoms with Gasteiger partial charge in [0.1, 0.15) is 29.0 Å². The van der Waals surface area contributed by atoms with Crippen molar-refractivity contribution < 1.29 is 13.5 Å². The molecular weight excluding hydrogens is 274 g/mol. The highest BCUT2D eigenvalue weighted by molar-refractivity contribution is 6.31. The van der Waals surface area contributed by atoms with Crippen molar-refractivity contribution in [3.8, 4) is 17.6 Å². The molecule has 2 rings (SSSR count). The molecule has 2 aromatic rings. The number of nitriles is 1. The first-order chi connectivity index (χ1) is 9.02. The molecule has 0 saturated carbocycles. The molecule has 2 N–H and O–H groups in total. The van der Waals surface area contributed by atoms with E-state index in [1.54, 1.807) is 6.07 Å². The van der Waals surface area contributed by atoms with Gasteiger partial charge in [0, 0.05) is 12.1 Å². The van der Waals surface area contributed by atoms with E-state index in [2.05, 4.69) is 0 Å². The van der Waals surface area contributed by atoms with Crippen LogP contribution in [0, 0.1) is 23.0 Å². The second kappa shape index (κ2) is 5.12. The van der Waals surface area contributed by atoms with E-state index in [1.807, 2.05) is 0 Å². The highest BCUT2D eigenvalue weighted by atomic mass is 35.5. The van der Waals surface area contributed by atoms with Crippen molar-refractivity contribution in [1.29, 1.82) is 5.26 Å². The van der Waals surface area contributed by atoms with Gasteiger partial charge in [-0.1, -0.05) is 17.7 Å². The molecule has 0 heterocycles. The van der Waals surface area contributed by atoms with Crippen molar-refractivity contribution in [2.75, 3.05) is 5.73 Å². The first kappa shape index (κ1) is 13.1. The Hall–Kier alpha value is -2.32. The average Bonchev–Trinajstić information content (AvgIpc) is 2.36. The van der Waals surface area contributed by atoms with Crippen molar-refractivity contribution in [2.24, 2.45) is 0 Å². The highest BCUT2D eigenvalue weighted by Gasteiger charge is 2.13. The smallest absolute Gasteiger partial charge is 0.152 e. The molecule has 0 aliphatic rings. The summed E-state index contributed by atoms with van der Waals surface area (Å²) in [7, 11) is 0. The predicted molar refractivity (Wildman–Crippen MR) is 67.0 cm³/mol. The molecule has 0 aromatic heterocycles. The van der Waals surface area contributed by atoms with E-state index in [9.17, 15) is 8.78 Å². The molecule has 96 valence electrons. The lowest BCUT2D eigenvalue weighted by molar-refractivity contribution is 0.475. The normalized spacial score (nSPS) is 10.0. The number of halogens is 3. The number of benzene rings is 2. The number of hydrogen-bond donors (Lipinski definition) is 1. The van der Waals surface area contributed by atoms with Gasteiger partial charge in [0.2, 0.25) is 0 Å². The van der Waals surface area contributed by atoms with Gasteiger partial charge < -0.3 is 10.5 Å². The molecule has 0 bridgehead atoms. The zero-order valence-corrected chi connectivity index (χ0v) is 10.2. The van der Waals surface area contributed by atoms with Gasteiger partial charge in [0.25, 0.3) is 0 Å². The Kier molecular flexibility index (Phi) is 3.54. The fourth-order valence-electron chi connectivity index (χ4n) is 1.45. The van der Waals surface area contributed by atoms with Crippen molar-refractivity contribution in [1.82, 2.24) is 0 Å². The molecule has 0 spiro atoms. The SMILES string of the molecule is N#Cc1c(F)cccc1Oc1cc(Cl)c(F)cc1N. The van der Waals surface area contributed by atoms with Crippen LogP contribution in [0.3, 0.4) is 0 Å². The van der Waals surface area contributed by atoms with E-state index in [0.717, 1.165) is 18.2 Å². The quantitative estimate of drug-likeness (QED) is 0.850. The fourth-order valence-corrected chi connectivity index (χ4v) is 1.60. The van der Waals surface area contributed by atoms with Gasteiger partial charge in [-0.3, -0.25) is 0 Å². The Bertz CT molecular complexity index is 683. The zero-order chi connectivity index (χ0) is 14.0. The standard InChI is InChI=1S/C13H7ClF2N2O/c14-8-4-13(11(18)5-10(8)16)19-12-3-1-2-9(15)7(12)6-17/h1-5H,18H2. The number of hydrogen-bond acceptors (Lipinski definition) is 3. The van der Waals surface area contributed by atoms with E-state index in [4.69, 9.17) is 27.3 Å². The summed E-state index contributed by atoms with van der Waals surface area (Å²) in [5, 5.41) is 8.68. The van der Waals surface area contributed by atoms with Crippen molar-refractivity contribution in [2.45, 2.75) is 0 Å². The molecule has 0 amide bonds. The fraction of sp³-hybridized carbons (Fsp3) is 0. The van der Waals surface area contributed by atoms with E-state index < -0.39 is 11.6 Å². The Labute approximate surface area is 112 Å². The topological polar surface area (TPSA) is 59.0 Å². The molecule has 2 aromatic carbocycles. The Balaban J connectivity index is 2.45. The summed E-state index contributed by atoms with van der Waals surface area (Å²) in [5.41, 5.74) is 5.30. The van der Waals surface area contributed by atoms with Gasteiger partial charge in [-0.25, -0.2) is 8.78 Å². The summed E-state index contributed by atoms with van der Waals surface area (Å²) in [6.07, 6.45) is 0. The van der Waals surface area contributed by atoms with Crippen LogP contribution in [0.25, 0.3) is 0 Å². The van der Waals surface area contributed by atoms with Crippen molar-refractivity contribution in [3.05, 3.63) is 52.6 Å². The van der Waals surface area contributed by atoms with Crippen LogP contribution in [0.2, 0.25) is 5.02 Å². The molecule has 0 radical (unpaired) electrons. The molecule has 19 heavy (non-hydrogen) atoms. The number of anilines is 1. The predicted octanol–water partition coefficient (Wildman–Crippen LogP) is 3.86. The Morgan fingerprint density at radius 1 is 1.16 bits per heavy atom. The third-order valence-corrected chi connectivity index (χ3v) is 2.65. The molecule has 0 saturated heterocycles. The highest BCUT2D eigenvalue weighted by Crippen LogP contribution is 2.33. The van der Waals surface area contributed by atoms with Crippen LogP contribution < -0.4 is 10.5 Å².